The Morgan fingerprint density at radius 2 is 2.04 bits per heavy atom. The van der Waals surface area contributed by atoms with E-state index in [0.717, 1.165) is 27.9 Å². The molecule has 0 aliphatic carbocycles. The van der Waals surface area contributed by atoms with E-state index in [1.807, 2.05) is 31.2 Å². The molecule has 7 heteroatoms. The van der Waals surface area contributed by atoms with Gasteiger partial charge in [0.25, 0.3) is 5.69 Å². The van der Waals surface area contributed by atoms with Crippen LogP contribution in [-0.2, 0) is 5.75 Å². The lowest BCUT2D eigenvalue weighted by molar-refractivity contribution is -0.384. The van der Waals surface area contributed by atoms with Gasteiger partial charge in [-0.15, -0.1) is 0 Å². The number of aryl methyl sites for hydroxylation is 1. The third kappa shape index (κ3) is 3.46. The number of hydrogen-bond acceptors (Lipinski definition) is 6. The zero-order valence-corrected chi connectivity index (χ0v) is 14.0. The molecule has 3 aromatic rings. The fraction of sp³-hybridized carbons (Fsp3) is 0.176. The number of benzene rings is 2. The monoisotopic (exact) mass is 341 g/mol. The smallest absolute Gasteiger partial charge is 0.269 e. The van der Waals surface area contributed by atoms with Gasteiger partial charge < -0.3 is 4.74 Å². The van der Waals surface area contributed by atoms with Crippen molar-refractivity contribution in [1.29, 1.82) is 0 Å². The van der Waals surface area contributed by atoms with Crippen molar-refractivity contribution in [2.75, 3.05) is 7.11 Å². The second kappa shape index (κ2) is 6.84. The first-order chi connectivity index (χ1) is 11.6. The molecule has 0 bridgehead atoms. The SMILES string of the molecule is COc1ccc2nc(SCc3cccc([N+](=O)[O-])c3)nc(C)c2c1. The summed E-state index contributed by atoms with van der Waals surface area (Å²) in [7, 11) is 1.63. The van der Waals surface area contributed by atoms with Crippen LogP contribution in [-0.4, -0.2) is 22.0 Å². The van der Waals surface area contributed by atoms with Crippen LogP contribution in [0.1, 0.15) is 11.3 Å². The number of nitro groups is 1. The summed E-state index contributed by atoms with van der Waals surface area (Å²) in [6.45, 7) is 1.93. The second-order valence-corrected chi connectivity index (χ2v) is 6.13. The van der Waals surface area contributed by atoms with Gasteiger partial charge in [-0.25, -0.2) is 9.97 Å². The lowest BCUT2D eigenvalue weighted by Crippen LogP contribution is -1.94. The van der Waals surface area contributed by atoms with Gasteiger partial charge in [0, 0.05) is 29.0 Å². The number of aromatic nitrogens is 2. The highest BCUT2D eigenvalue weighted by atomic mass is 32.2. The summed E-state index contributed by atoms with van der Waals surface area (Å²) in [5.74, 6) is 1.34. The third-order valence-electron chi connectivity index (χ3n) is 3.56. The first kappa shape index (κ1) is 16.2. The molecule has 0 fully saturated rings. The van der Waals surface area contributed by atoms with Gasteiger partial charge in [0.05, 0.1) is 17.5 Å². The van der Waals surface area contributed by atoms with Gasteiger partial charge in [-0.3, -0.25) is 10.1 Å². The Bertz CT molecular complexity index is 915. The van der Waals surface area contributed by atoms with Crippen LogP contribution in [0, 0.1) is 17.0 Å². The number of methoxy groups -OCH3 is 1. The van der Waals surface area contributed by atoms with E-state index in [1.54, 1.807) is 19.2 Å². The number of nitrogens with zero attached hydrogens (tertiary/aromatic N) is 3. The van der Waals surface area contributed by atoms with E-state index in [-0.39, 0.29) is 5.69 Å². The molecule has 0 atom stereocenters. The van der Waals surface area contributed by atoms with Crippen LogP contribution in [0.4, 0.5) is 5.69 Å². The zero-order valence-electron chi connectivity index (χ0n) is 13.2. The maximum atomic E-state index is 10.8. The van der Waals surface area contributed by atoms with Gasteiger partial charge in [-0.2, -0.15) is 0 Å². The van der Waals surface area contributed by atoms with Gasteiger partial charge in [0.15, 0.2) is 5.16 Å². The van der Waals surface area contributed by atoms with Crippen molar-refractivity contribution in [3.8, 4) is 5.75 Å². The van der Waals surface area contributed by atoms with Crippen molar-refractivity contribution in [1.82, 2.24) is 9.97 Å². The Labute approximate surface area is 143 Å². The minimum atomic E-state index is -0.391. The molecule has 0 aliphatic rings. The van der Waals surface area contributed by atoms with Crippen LogP contribution in [0.25, 0.3) is 10.9 Å². The van der Waals surface area contributed by atoms with Crippen LogP contribution in [0.5, 0.6) is 5.75 Å². The summed E-state index contributed by atoms with van der Waals surface area (Å²) in [6, 6.07) is 12.3. The molecule has 0 amide bonds. The normalized spacial score (nSPS) is 10.8. The highest BCUT2D eigenvalue weighted by molar-refractivity contribution is 7.98. The van der Waals surface area contributed by atoms with E-state index in [9.17, 15) is 10.1 Å². The Hall–Kier alpha value is -2.67. The molecule has 0 aliphatic heterocycles. The Morgan fingerprint density at radius 3 is 2.79 bits per heavy atom. The number of non-ortho nitro benzene ring substituents is 1. The lowest BCUT2D eigenvalue weighted by Gasteiger charge is -2.07. The molecular weight excluding hydrogens is 326 g/mol. The Kier molecular flexibility index (Phi) is 4.61. The molecule has 3 rings (SSSR count). The Morgan fingerprint density at radius 1 is 1.21 bits per heavy atom. The molecule has 6 nitrogen and oxygen atoms in total. The molecule has 0 unspecified atom stereocenters. The number of hydrogen-bond donors (Lipinski definition) is 0. The topological polar surface area (TPSA) is 78.2 Å². The maximum Gasteiger partial charge on any atom is 0.269 e. The summed E-state index contributed by atoms with van der Waals surface area (Å²) in [4.78, 5) is 19.5. The molecule has 0 N–H and O–H groups in total. The summed E-state index contributed by atoms with van der Waals surface area (Å²) >= 11 is 1.46. The Balaban J connectivity index is 1.83. The molecule has 0 spiro atoms. The molecule has 0 saturated carbocycles. The zero-order chi connectivity index (χ0) is 17.1. The van der Waals surface area contributed by atoms with Crippen molar-refractivity contribution < 1.29 is 9.66 Å². The van der Waals surface area contributed by atoms with Gasteiger partial charge in [0.2, 0.25) is 0 Å². The fourth-order valence-electron chi connectivity index (χ4n) is 2.33. The van der Waals surface area contributed by atoms with Gasteiger partial charge >= 0.3 is 0 Å². The summed E-state index contributed by atoms with van der Waals surface area (Å²) in [5.41, 5.74) is 2.69. The standard InChI is InChI=1S/C17H15N3O3S/c1-11-15-9-14(23-2)6-7-16(15)19-17(18-11)24-10-12-4-3-5-13(8-12)20(21)22/h3-9H,10H2,1-2H3. The number of ether oxygens (including phenoxy) is 1. The van der Waals surface area contributed by atoms with Crippen LogP contribution in [0.15, 0.2) is 47.6 Å². The molecule has 24 heavy (non-hydrogen) atoms. The van der Waals surface area contributed by atoms with E-state index in [0.29, 0.717) is 10.9 Å². The summed E-state index contributed by atoms with van der Waals surface area (Å²) < 4.78 is 5.23. The molecule has 1 aromatic heterocycles. The van der Waals surface area contributed by atoms with Gasteiger partial charge in [0.1, 0.15) is 5.75 Å². The van der Waals surface area contributed by atoms with E-state index in [4.69, 9.17) is 4.74 Å². The molecule has 2 aromatic carbocycles. The van der Waals surface area contributed by atoms with E-state index < -0.39 is 4.92 Å². The minimum absolute atomic E-state index is 0.0933. The summed E-state index contributed by atoms with van der Waals surface area (Å²) in [6.07, 6.45) is 0. The van der Waals surface area contributed by atoms with Crippen molar-refractivity contribution in [3.63, 3.8) is 0 Å². The highest BCUT2D eigenvalue weighted by Crippen LogP contribution is 2.26. The quantitative estimate of drug-likeness (QED) is 0.300. The highest BCUT2D eigenvalue weighted by Gasteiger charge is 2.09. The van der Waals surface area contributed by atoms with Crippen LogP contribution in [0.2, 0.25) is 0 Å². The number of fused-ring (bicyclic) bond motifs is 1. The molecule has 1 heterocycles. The average molecular weight is 341 g/mol. The van der Waals surface area contributed by atoms with Gasteiger partial charge in [-0.05, 0) is 30.7 Å². The van der Waals surface area contributed by atoms with E-state index in [1.165, 1.54) is 17.8 Å². The van der Waals surface area contributed by atoms with E-state index in [2.05, 4.69) is 9.97 Å². The molecule has 0 saturated heterocycles. The molecule has 0 radical (unpaired) electrons. The molecular formula is C17H15N3O3S. The third-order valence-corrected chi connectivity index (χ3v) is 4.48. The van der Waals surface area contributed by atoms with Crippen LogP contribution in [0.3, 0.4) is 0 Å². The maximum absolute atomic E-state index is 10.8. The number of nitro benzene ring substituents is 1. The first-order valence-electron chi connectivity index (χ1n) is 7.25. The van der Waals surface area contributed by atoms with Gasteiger partial charge in [-0.1, -0.05) is 23.9 Å². The number of thioether (sulfide) groups is 1. The summed E-state index contributed by atoms with van der Waals surface area (Å²) in [5, 5.41) is 12.4. The van der Waals surface area contributed by atoms with Crippen molar-refractivity contribution >= 4 is 28.4 Å². The minimum Gasteiger partial charge on any atom is -0.497 e. The largest absolute Gasteiger partial charge is 0.497 e. The van der Waals surface area contributed by atoms with Crippen LogP contribution >= 0.6 is 11.8 Å². The predicted octanol–water partition coefficient (Wildman–Crippen LogP) is 4.15. The molecule has 122 valence electrons. The lowest BCUT2D eigenvalue weighted by atomic mass is 10.2. The van der Waals surface area contributed by atoms with Crippen molar-refractivity contribution in [3.05, 3.63) is 63.8 Å². The predicted molar refractivity (Wildman–Crippen MR) is 93.5 cm³/mol. The van der Waals surface area contributed by atoms with Crippen molar-refractivity contribution in [2.45, 2.75) is 17.8 Å². The van der Waals surface area contributed by atoms with Crippen LogP contribution < -0.4 is 4.74 Å². The second-order valence-electron chi connectivity index (χ2n) is 5.19. The first-order valence-corrected chi connectivity index (χ1v) is 8.24. The van der Waals surface area contributed by atoms with E-state index >= 15 is 0 Å². The number of rotatable bonds is 5. The fourth-order valence-corrected chi connectivity index (χ4v) is 3.17. The average Bonchev–Trinajstić information content (AvgIpc) is 2.60. The van der Waals surface area contributed by atoms with Crippen molar-refractivity contribution in [2.24, 2.45) is 0 Å².